The van der Waals surface area contributed by atoms with Crippen molar-refractivity contribution in [1.82, 2.24) is 10.0 Å². The van der Waals surface area contributed by atoms with E-state index in [9.17, 15) is 13.5 Å². The lowest BCUT2D eigenvalue weighted by Gasteiger charge is -2.18. The van der Waals surface area contributed by atoms with Crippen molar-refractivity contribution in [2.24, 2.45) is 5.92 Å². The molecule has 0 saturated carbocycles. The van der Waals surface area contributed by atoms with Crippen LogP contribution in [0.25, 0.3) is 0 Å². The van der Waals surface area contributed by atoms with Gasteiger partial charge in [-0.15, -0.1) is 0 Å². The fourth-order valence-corrected chi connectivity index (χ4v) is 2.68. The van der Waals surface area contributed by atoms with Crippen LogP contribution in [0.2, 0.25) is 0 Å². The van der Waals surface area contributed by atoms with E-state index in [1.165, 1.54) is 7.05 Å². The SMILES string of the molecule is CNS(=O)(=O)c1ccc(C(C)NCCC(O)C(C)C)cc1. The third kappa shape index (κ3) is 5.39. The van der Waals surface area contributed by atoms with Crippen molar-refractivity contribution < 1.29 is 13.5 Å². The largest absolute Gasteiger partial charge is 0.393 e. The first-order valence-corrected chi connectivity index (χ1v) is 8.71. The van der Waals surface area contributed by atoms with Crippen LogP contribution in [0.4, 0.5) is 0 Å². The minimum absolute atomic E-state index is 0.107. The summed E-state index contributed by atoms with van der Waals surface area (Å²) in [6.45, 7) is 6.73. The summed E-state index contributed by atoms with van der Waals surface area (Å²) in [4.78, 5) is 0.260. The zero-order valence-electron chi connectivity index (χ0n) is 13.1. The third-order valence-electron chi connectivity index (χ3n) is 3.62. The first-order valence-electron chi connectivity index (χ1n) is 7.23. The minimum Gasteiger partial charge on any atom is -0.393 e. The fraction of sp³-hybridized carbons (Fsp3) is 0.600. The molecule has 2 unspecified atom stereocenters. The standard InChI is InChI=1S/C15H26N2O3S/c1-11(2)15(18)9-10-17-12(3)13-5-7-14(8-6-13)21(19,20)16-4/h5-8,11-12,15-18H,9-10H2,1-4H3. The average molecular weight is 314 g/mol. The molecular formula is C15H26N2O3S. The Bertz CT molecular complexity index is 526. The van der Waals surface area contributed by atoms with Crippen LogP contribution < -0.4 is 10.0 Å². The molecule has 0 aliphatic rings. The fourth-order valence-electron chi connectivity index (χ4n) is 1.95. The van der Waals surface area contributed by atoms with Crippen LogP contribution in [0, 0.1) is 5.92 Å². The maximum Gasteiger partial charge on any atom is 0.240 e. The van der Waals surface area contributed by atoms with Gasteiger partial charge < -0.3 is 10.4 Å². The van der Waals surface area contributed by atoms with Crippen LogP contribution in [0.3, 0.4) is 0 Å². The molecule has 1 aromatic carbocycles. The lowest BCUT2D eigenvalue weighted by atomic mass is 10.0. The van der Waals surface area contributed by atoms with Gasteiger partial charge in [0, 0.05) is 6.04 Å². The van der Waals surface area contributed by atoms with Gasteiger partial charge in [0.25, 0.3) is 0 Å². The van der Waals surface area contributed by atoms with Gasteiger partial charge in [0.05, 0.1) is 11.0 Å². The predicted octanol–water partition coefficient (Wildman–Crippen LogP) is 1.65. The molecular weight excluding hydrogens is 288 g/mol. The van der Waals surface area contributed by atoms with Crippen molar-refractivity contribution >= 4 is 10.0 Å². The summed E-state index contributed by atoms with van der Waals surface area (Å²) in [5.74, 6) is 0.258. The Morgan fingerprint density at radius 1 is 1.14 bits per heavy atom. The summed E-state index contributed by atoms with van der Waals surface area (Å²) in [5.41, 5.74) is 1.02. The van der Waals surface area contributed by atoms with Crippen LogP contribution >= 0.6 is 0 Å². The highest BCUT2D eigenvalue weighted by Gasteiger charge is 2.13. The van der Waals surface area contributed by atoms with Crippen LogP contribution in [0.15, 0.2) is 29.2 Å². The molecule has 0 fully saturated rings. The second-order valence-electron chi connectivity index (χ2n) is 5.55. The van der Waals surface area contributed by atoms with E-state index in [1.54, 1.807) is 24.3 Å². The molecule has 3 N–H and O–H groups in total. The molecule has 2 atom stereocenters. The van der Waals surface area contributed by atoms with Gasteiger partial charge in [-0.1, -0.05) is 26.0 Å². The average Bonchev–Trinajstić information content (AvgIpc) is 2.47. The Balaban J connectivity index is 2.58. The first kappa shape index (κ1) is 18.1. The molecule has 1 aromatic rings. The van der Waals surface area contributed by atoms with Gasteiger partial charge in [-0.2, -0.15) is 0 Å². The number of aliphatic hydroxyl groups excluding tert-OH is 1. The van der Waals surface area contributed by atoms with Crippen molar-refractivity contribution in [3.63, 3.8) is 0 Å². The number of nitrogens with one attached hydrogen (secondary N) is 2. The molecule has 0 bridgehead atoms. The molecule has 21 heavy (non-hydrogen) atoms. The van der Waals surface area contributed by atoms with E-state index in [4.69, 9.17) is 0 Å². The number of hydrogen-bond acceptors (Lipinski definition) is 4. The maximum atomic E-state index is 11.6. The molecule has 1 rings (SSSR count). The predicted molar refractivity (Wildman–Crippen MR) is 84.6 cm³/mol. The van der Waals surface area contributed by atoms with Crippen molar-refractivity contribution in [2.75, 3.05) is 13.6 Å². The van der Waals surface area contributed by atoms with E-state index >= 15 is 0 Å². The van der Waals surface area contributed by atoms with Gasteiger partial charge in [-0.05, 0) is 50.6 Å². The van der Waals surface area contributed by atoms with Crippen LogP contribution in [0.1, 0.15) is 38.8 Å². The van der Waals surface area contributed by atoms with Gasteiger partial charge in [0.2, 0.25) is 10.0 Å². The number of benzene rings is 1. The molecule has 0 spiro atoms. The highest BCUT2D eigenvalue weighted by atomic mass is 32.2. The normalized spacial score (nSPS) is 15.1. The molecule has 0 aromatic heterocycles. The summed E-state index contributed by atoms with van der Waals surface area (Å²) in [5, 5.41) is 13.1. The monoisotopic (exact) mass is 314 g/mol. The molecule has 0 amide bonds. The quantitative estimate of drug-likeness (QED) is 0.682. The van der Waals surface area contributed by atoms with Gasteiger partial charge in [0.1, 0.15) is 0 Å². The van der Waals surface area contributed by atoms with Gasteiger partial charge in [0.15, 0.2) is 0 Å². The van der Waals surface area contributed by atoms with Crippen LogP contribution in [-0.4, -0.2) is 33.2 Å². The smallest absolute Gasteiger partial charge is 0.240 e. The lowest BCUT2D eigenvalue weighted by Crippen LogP contribution is -2.26. The van der Waals surface area contributed by atoms with Gasteiger partial charge >= 0.3 is 0 Å². The second-order valence-corrected chi connectivity index (χ2v) is 7.44. The minimum atomic E-state index is -3.38. The molecule has 0 heterocycles. The summed E-state index contributed by atoms with van der Waals surface area (Å²) in [7, 11) is -1.99. The zero-order valence-corrected chi connectivity index (χ0v) is 13.9. The van der Waals surface area contributed by atoms with E-state index in [0.717, 1.165) is 12.1 Å². The Labute approximate surface area is 127 Å². The Hall–Kier alpha value is -0.950. The molecule has 5 nitrogen and oxygen atoms in total. The maximum absolute atomic E-state index is 11.6. The van der Waals surface area contributed by atoms with Crippen molar-refractivity contribution in [3.8, 4) is 0 Å². The number of hydrogen-bond donors (Lipinski definition) is 3. The third-order valence-corrected chi connectivity index (χ3v) is 5.05. The van der Waals surface area contributed by atoms with E-state index in [0.29, 0.717) is 6.42 Å². The first-order chi connectivity index (χ1) is 9.77. The van der Waals surface area contributed by atoms with Crippen LogP contribution in [-0.2, 0) is 10.0 Å². The van der Waals surface area contributed by atoms with Gasteiger partial charge in [-0.3, -0.25) is 0 Å². The summed E-state index contributed by atoms with van der Waals surface area (Å²) in [6, 6.07) is 6.92. The van der Waals surface area contributed by atoms with Crippen molar-refractivity contribution in [1.29, 1.82) is 0 Å². The van der Waals surface area contributed by atoms with Gasteiger partial charge in [-0.25, -0.2) is 13.1 Å². The Morgan fingerprint density at radius 2 is 1.71 bits per heavy atom. The molecule has 120 valence electrons. The highest BCUT2D eigenvalue weighted by molar-refractivity contribution is 7.89. The molecule has 0 radical (unpaired) electrons. The second kappa shape index (κ2) is 7.89. The van der Waals surface area contributed by atoms with E-state index in [1.807, 2.05) is 20.8 Å². The molecule has 0 aliphatic carbocycles. The van der Waals surface area contributed by atoms with E-state index in [-0.39, 0.29) is 23.0 Å². The Morgan fingerprint density at radius 3 is 2.19 bits per heavy atom. The lowest BCUT2D eigenvalue weighted by molar-refractivity contribution is 0.115. The van der Waals surface area contributed by atoms with Crippen molar-refractivity contribution in [2.45, 2.75) is 44.2 Å². The van der Waals surface area contributed by atoms with Crippen molar-refractivity contribution in [3.05, 3.63) is 29.8 Å². The number of rotatable bonds is 8. The molecule has 0 saturated heterocycles. The summed E-state index contributed by atoms with van der Waals surface area (Å²) < 4.78 is 25.6. The van der Waals surface area contributed by atoms with E-state index in [2.05, 4.69) is 10.0 Å². The topological polar surface area (TPSA) is 78.4 Å². The van der Waals surface area contributed by atoms with E-state index < -0.39 is 10.0 Å². The Kier molecular flexibility index (Phi) is 6.80. The highest BCUT2D eigenvalue weighted by Crippen LogP contribution is 2.16. The summed E-state index contributed by atoms with van der Waals surface area (Å²) in [6.07, 6.45) is 0.404. The van der Waals surface area contributed by atoms with Crippen LogP contribution in [0.5, 0.6) is 0 Å². The summed E-state index contributed by atoms with van der Waals surface area (Å²) >= 11 is 0. The molecule has 0 aliphatic heterocycles. The number of sulfonamides is 1. The number of aliphatic hydroxyl groups is 1. The molecule has 6 heteroatoms. The zero-order chi connectivity index (χ0) is 16.0.